The van der Waals surface area contributed by atoms with Crippen molar-refractivity contribution in [2.45, 2.75) is 65.7 Å². The first kappa shape index (κ1) is 19.0. The average molecular weight is 332 g/mol. The number of ether oxygens (including phenoxy) is 1. The van der Waals surface area contributed by atoms with Crippen LogP contribution in [0.1, 0.15) is 65.7 Å². The van der Waals surface area contributed by atoms with E-state index in [9.17, 15) is 9.59 Å². The third-order valence-electron chi connectivity index (χ3n) is 6.73. The molecule has 3 nitrogen and oxygen atoms in total. The average Bonchev–Trinajstić information content (AvgIpc) is 2.53. The van der Waals surface area contributed by atoms with E-state index in [1.807, 2.05) is 6.92 Å². The van der Waals surface area contributed by atoms with Crippen molar-refractivity contribution in [3.8, 4) is 0 Å². The second-order valence-electron chi connectivity index (χ2n) is 8.34. The van der Waals surface area contributed by atoms with Crippen LogP contribution in [0.25, 0.3) is 0 Å². The summed E-state index contributed by atoms with van der Waals surface area (Å²) in [5, 5.41) is 0. The minimum absolute atomic E-state index is 0.148. The number of hydrogen-bond acceptors (Lipinski definition) is 3. The number of carbonyl (C=O) groups is 2. The van der Waals surface area contributed by atoms with E-state index < -0.39 is 0 Å². The molecule has 0 N–H and O–H groups in total. The number of allylic oxidation sites excluding steroid dienone is 2. The van der Waals surface area contributed by atoms with Crippen molar-refractivity contribution in [2.24, 2.45) is 22.7 Å². The molecule has 0 aliphatic heterocycles. The number of aldehydes is 1. The molecule has 0 unspecified atom stereocenters. The summed E-state index contributed by atoms with van der Waals surface area (Å²) in [5.41, 5.74) is 2.33. The molecule has 2 fully saturated rings. The van der Waals surface area contributed by atoms with Crippen LogP contribution in [0, 0.1) is 22.7 Å². The van der Waals surface area contributed by atoms with Crippen LogP contribution in [0.5, 0.6) is 0 Å². The zero-order valence-corrected chi connectivity index (χ0v) is 15.7. The Morgan fingerprint density at radius 2 is 2.08 bits per heavy atom. The largest absolute Gasteiger partial charge is 0.466 e. The maximum absolute atomic E-state index is 11.8. The smallest absolute Gasteiger partial charge is 0.330 e. The molecule has 2 aliphatic carbocycles. The van der Waals surface area contributed by atoms with E-state index in [1.165, 1.54) is 25.4 Å². The highest BCUT2D eigenvalue weighted by molar-refractivity contribution is 5.82. The van der Waals surface area contributed by atoms with Crippen molar-refractivity contribution in [1.82, 2.24) is 0 Å². The lowest BCUT2D eigenvalue weighted by Gasteiger charge is -2.57. The summed E-state index contributed by atoms with van der Waals surface area (Å²) >= 11 is 0. The number of esters is 1. The van der Waals surface area contributed by atoms with Crippen molar-refractivity contribution in [1.29, 1.82) is 0 Å². The van der Waals surface area contributed by atoms with Crippen LogP contribution in [-0.4, -0.2) is 19.4 Å². The van der Waals surface area contributed by atoms with Gasteiger partial charge in [0.15, 0.2) is 0 Å². The lowest BCUT2D eigenvalue weighted by Crippen LogP contribution is -2.51. The summed E-state index contributed by atoms with van der Waals surface area (Å²) in [7, 11) is 1.41. The Bertz CT molecular complexity index is 547. The standard InChI is InChI=1S/C21H32O3/c1-15(13-19(23)24-5)7-9-17-16(2)8-10-18-20(3,14-22)11-6-12-21(17,18)4/h13-14,17-18H,2,6-12H2,1,3-5H3/b15-13+/t17-,18-,20+,21+/m0/s1. The van der Waals surface area contributed by atoms with E-state index in [1.54, 1.807) is 6.08 Å². The molecule has 0 aromatic rings. The highest BCUT2D eigenvalue weighted by atomic mass is 16.5. The van der Waals surface area contributed by atoms with Crippen LogP contribution in [0.2, 0.25) is 0 Å². The highest BCUT2D eigenvalue weighted by Gasteiger charge is 2.54. The number of carbonyl (C=O) groups excluding carboxylic acids is 2. The van der Waals surface area contributed by atoms with Crippen LogP contribution >= 0.6 is 0 Å². The van der Waals surface area contributed by atoms with Crippen LogP contribution in [-0.2, 0) is 14.3 Å². The number of fused-ring (bicyclic) bond motifs is 1. The number of methoxy groups -OCH3 is 1. The van der Waals surface area contributed by atoms with Crippen molar-refractivity contribution in [3.63, 3.8) is 0 Å². The topological polar surface area (TPSA) is 43.4 Å². The van der Waals surface area contributed by atoms with Gasteiger partial charge in [-0.1, -0.05) is 38.0 Å². The molecule has 0 aromatic carbocycles. The Balaban J connectivity index is 2.18. The first-order valence-electron chi connectivity index (χ1n) is 9.16. The zero-order valence-electron chi connectivity index (χ0n) is 15.7. The van der Waals surface area contributed by atoms with Crippen LogP contribution in [0.3, 0.4) is 0 Å². The summed E-state index contributed by atoms with van der Waals surface area (Å²) in [6.45, 7) is 10.9. The predicted molar refractivity (Wildman–Crippen MR) is 96.5 cm³/mol. The van der Waals surface area contributed by atoms with E-state index in [-0.39, 0.29) is 16.8 Å². The Hall–Kier alpha value is -1.38. The molecule has 0 aromatic heterocycles. The van der Waals surface area contributed by atoms with Gasteiger partial charge in [0.05, 0.1) is 7.11 Å². The van der Waals surface area contributed by atoms with E-state index in [0.29, 0.717) is 11.8 Å². The Morgan fingerprint density at radius 1 is 1.38 bits per heavy atom. The van der Waals surface area contributed by atoms with E-state index >= 15 is 0 Å². The fraction of sp³-hybridized carbons (Fsp3) is 0.714. The molecule has 2 saturated carbocycles. The molecule has 2 rings (SSSR count). The summed E-state index contributed by atoms with van der Waals surface area (Å²) in [4.78, 5) is 23.2. The van der Waals surface area contributed by atoms with Gasteiger partial charge in [-0.2, -0.15) is 0 Å². The number of hydrogen-bond donors (Lipinski definition) is 0. The Kier molecular flexibility index (Phi) is 5.72. The van der Waals surface area contributed by atoms with Gasteiger partial charge in [-0.15, -0.1) is 0 Å². The monoisotopic (exact) mass is 332 g/mol. The molecule has 0 amide bonds. The molecule has 134 valence electrons. The van der Waals surface area contributed by atoms with E-state index in [4.69, 9.17) is 4.74 Å². The van der Waals surface area contributed by atoms with Crippen molar-refractivity contribution in [3.05, 3.63) is 23.8 Å². The molecule has 0 radical (unpaired) electrons. The first-order valence-corrected chi connectivity index (χ1v) is 9.16. The molecule has 3 heteroatoms. The van der Waals surface area contributed by atoms with Crippen LogP contribution in [0.15, 0.2) is 23.8 Å². The zero-order chi connectivity index (χ0) is 18.0. The molecule has 0 heterocycles. The van der Waals surface area contributed by atoms with Gasteiger partial charge in [0, 0.05) is 11.5 Å². The van der Waals surface area contributed by atoms with Crippen molar-refractivity contribution >= 4 is 12.3 Å². The van der Waals surface area contributed by atoms with Gasteiger partial charge >= 0.3 is 5.97 Å². The fourth-order valence-electron chi connectivity index (χ4n) is 5.38. The Labute approximate surface area is 146 Å². The minimum Gasteiger partial charge on any atom is -0.466 e. The molecule has 24 heavy (non-hydrogen) atoms. The second kappa shape index (κ2) is 7.25. The van der Waals surface area contributed by atoms with Crippen molar-refractivity contribution < 1.29 is 14.3 Å². The summed E-state index contributed by atoms with van der Waals surface area (Å²) in [6, 6.07) is 0. The van der Waals surface area contributed by atoms with Gasteiger partial charge in [-0.3, -0.25) is 0 Å². The fourth-order valence-corrected chi connectivity index (χ4v) is 5.38. The second-order valence-corrected chi connectivity index (χ2v) is 8.34. The van der Waals surface area contributed by atoms with Gasteiger partial charge in [-0.05, 0) is 62.7 Å². The normalized spacial score (nSPS) is 36.8. The van der Waals surface area contributed by atoms with E-state index in [2.05, 4.69) is 20.4 Å². The molecule has 0 bridgehead atoms. The molecular weight excluding hydrogens is 300 g/mol. The summed E-state index contributed by atoms with van der Waals surface area (Å²) < 4.78 is 4.71. The summed E-state index contributed by atoms with van der Waals surface area (Å²) in [6.07, 6.45) is 10.1. The lowest BCUT2D eigenvalue weighted by atomic mass is 9.47. The van der Waals surface area contributed by atoms with Crippen LogP contribution < -0.4 is 0 Å². The van der Waals surface area contributed by atoms with Gasteiger partial charge in [0.1, 0.15) is 6.29 Å². The molecule has 2 aliphatic rings. The SMILES string of the molecule is C=C1CC[C@@H]2[C@](C)(CCC[C@]2(C)C=O)[C@H]1CC/C(C)=C/C(=O)OC. The van der Waals surface area contributed by atoms with E-state index in [0.717, 1.165) is 44.1 Å². The quantitative estimate of drug-likeness (QED) is 0.312. The molecular formula is C21H32O3. The summed E-state index contributed by atoms with van der Waals surface area (Å²) in [5.74, 6) is 0.582. The lowest BCUT2D eigenvalue weighted by molar-refractivity contribution is -0.135. The van der Waals surface area contributed by atoms with Gasteiger partial charge < -0.3 is 9.53 Å². The maximum atomic E-state index is 11.8. The molecule has 0 saturated heterocycles. The Morgan fingerprint density at radius 3 is 2.71 bits per heavy atom. The van der Waals surface area contributed by atoms with Gasteiger partial charge in [-0.25, -0.2) is 4.79 Å². The predicted octanol–water partition coefficient (Wildman–Crippen LogP) is 4.86. The highest BCUT2D eigenvalue weighted by Crippen LogP contribution is 2.61. The van der Waals surface area contributed by atoms with Gasteiger partial charge in [0.2, 0.25) is 0 Å². The van der Waals surface area contributed by atoms with Crippen molar-refractivity contribution in [2.75, 3.05) is 7.11 Å². The molecule has 4 atom stereocenters. The molecule has 0 spiro atoms. The third-order valence-corrected chi connectivity index (χ3v) is 6.73. The number of rotatable bonds is 5. The minimum atomic E-state index is -0.287. The maximum Gasteiger partial charge on any atom is 0.330 e. The van der Waals surface area contributed by atoms with Gasteiger partial charge in [0.25, 0.3) is 0 Å². The first-order chi connectivity index (χ1) is 11.3. The van der Waals surface area contributed by atoms with Crippen LogP contribution in [0.4, 0.5) is 0 Å². The third kappa shape index (κ3) is 3.50.